The maximum atomic E-state index is 11.6. The van der Waals surface area contributed by atoms with Crippen molar-refractivity contribution in [3.05, 3.63) is 11.1 Å². The monoisotopic (exact) mass is 280 g/mol. The Labute approximate surface area is 121 Å². The summed E-state index contributed by atoms with van der Waals surface area (Å²) >= 11 is 0. The van der Waals surface area contributed by atoms with Crippen LogP contribution < -0.4 is 0 Å². The molecule has 0 amide bonds. The van der Waals surface area contributed by atoms with Crippen LogP contribution in [0.15, 0.2) is 11.1 Å². The van der Waals surface area contributed by atoms with Crippen molar-refractivity contribution in [3.63, 3.8) is 0 Å². The van der Waals surface area contributed by atoms with E-state index in [0.29, 0.717) is 6.42 Å². The first-order valence-corrected chi connectivity index (χ1v) is 7.29. The van der Waals surface area contributed by atoms with Crippen LogP contribution in [-0.2, 0) is 14.1 Å². The van der Waals surface area contributed by atoms with Crippen molar-refractivity contribution in [3.8, 4) is 0 Å². The molecule has 1 aliphatic carbocycles. The Morgan fingerprint density at radius 2 is 1.55 bits per heavy atom. The Bertz CT molecular complexity index is 437. The second kappa shape index (κ2) is 4.88. The molecule has 1 heterocycles. The molecule has 2 aliphatic rings. The van der Waals surface area contributed by atoms with E-state index < -0.39 is 30.2 Å². The molecule has 2 atom stereocenters. The quantitative estimate of drug-likeness (QED) is 0.623. The summed E-state index contributed by atoms with van der Waals surface area (Å²) in [5.74, 6) is -1.29. The molecule has 0 aromatic rings. The van der Waals surface area contributed by atoms with Gasteiger partial charge in [0.2, 0.25) is 0 Å². The average molecular weight is 280 g/mol. The Morgan fingerprint density at radius 3 is 2.00 bits per heavy atom. The first-order valence-electron chi connectivity index (χ1n) is 7.29. The van der Waals surface area contributed by atoms with Crippen LogP contribution in [0.1, 0.15) is 54.4 Å². The second-order valence-corrected chi connectivity index (χ2v) is 7.20. The summed E-state index contributed by atoms with van der Waals surface area (Å²) in [5, 5.41) is 9.50. The largest absolute Gasteiger partial charge is 0.481 e. The van der Waals surface area contributed by atoms with Gasteiger partial charge in [0.1, 0.15) is 0 Å². The van der Waals surface area contributed by atoms with Crippen molar-refractivity contribution >= 4 is 13.1 Å². The summed E-state index contributed by atoms with van der Waals surface area (Å²) in [5.41, 5.74) is 1.63. The van der Waals surface area contributed by atoms with Gasteiger partial charge in [-0.15, -0.1) is 0 Å². The minimum atomic E-state index is -0.753. The number of carbonyl (C=O) groups is 1. The first-order chi connectivity index (χ1) is 9.05. The lowest BCUT2D eigenvalue weighted by atomic mass is 9.58. The van der Waals surface area contributed by atoms with Gasteiger partial charge in [-0.1, -0.05) is 11.1 Å². The zero-order chi connectivity index (χ0) is 15.3. The number of rotatable bonds is 2. The topological polar surface area (TPSA) is 55.8 Å². The molecule has 1 aliphatic heterocycles. The standard InChI is InChI=1S/C15H25BO4/c1-9-7-11(13(17)18)12(8-10(9)2)16-19-14(3,4)15(5,6)20-16/h11-12H,7-8H2,1-6H3,(H,17,18)/t11-,12-/m1/s1. The van der Waals surface area contributed by atoms with E-state index in [9.17, 15) is 9.90 Å². The van der Waals surface area contributed by atoms with Crippen molar-refractivity contribution in [2.45, 2.75) is 71.4 Å². The van der Waals surface area contributed by atoms with Crippen molar-refractivity contribution in [1.29, 1.82) is 0 Å². The highest BCUT2D eigenvalue weighted by atomic mass is 16.7. The minimum Gasteiger partial charge on any atom is -0.481 e. The molecular formula is C15H25BO4. The minimum absolute atomic E-state index is 0.114. The predicted octanol–water partition coefficient (Wildman–Crippen LogP) is 3.28. The number of carboxylic acid groups (broad SMARTS) is 1. The van der Waals surface area contributed by atoms with Crippen LogP contribution in [-0.4, -0.2) is 29.4 Å². The maximum Gasteiger partial charge on any atom is 0.462 e. The highest BCUT2D eigenvalue weighted by Gasteiger charge is 2.56. The third kappa shape index (κ3) is 2.53. The first kappa shape index (κ1) is 15.6. The third-order valence-corrected chi connectivity index (χ3v) is 5.25. The van der Waals surface area contributed by atoms with Crippen LogP contribution in [0.2, 0.25) is 5.82 Å². The van der Waals surface area contributed by atoms with Gasteiger partial charge in [-0.05, 0) is 54.4 Å². The number of hydrogen-bond acceptors (Lipinski definition) is 3. The van der Waals surface area contributed by atoms with Gasteiger partial charge in [-0.3, -0.25) is 4.79 Å². The van der Waals surface area contributed by atoms with Crippen LogP contribution in [0.5, 0.6) is 0 Å². The van der Waals surface area contributed by atoms with Crippen molar-refractivity contribution in [2.75, 3.05) is 0 Å². The molecule has 0 spiro atoms. The molecule has 1 saturated heterocycles. The Hall–Kier alpha value is -0.805. The van der Waals surface area contributed by atoms with Crippen LogP contribution >= 0.6 is 0 Å². The van der Waals surface area contributed by atoms with Gasteiger partial charge in [-0.2, -0.15) is 0 Å². The molecule has 1 N–H and O–H groups in total. The summed E-state index contributed by atoms with van der Waals surface area (Å²) in [6.45, 7) is 12.1. The highest BCUT2D eigenvalue weighted by Crippen LogP contribution is 2.47. The fraction of sp³-hybridized carbons (Fsp3) is 0.800. The lowest BCUT2D eigenvalue weighted by molar-refractivity contribution is -0.142. The Balaban J connectivity index is 2.26. The van der Waals surface area contributed by atoms with E-state index in [-0.39, 0.29) is 5.82 Å². The highest BCUT2D eigenvalue weighted by molar-refractivity contribution is 6.48. The molecule has 0 aromatic carbocycles. The third-order valence-electron chi connectivity index (χ3n) is 5.25. The summed E-state index contributed by atoms with van der Waals surface area (Å²) in [6.07, 6.45) is 1.33. The lowest BCUT2D eigenvalue weighted by Crippen LogP contribution is -2.41. The molecule has 0 radical (unpaired) electrons. The van der Waals surface area contributed by atoms with E-state index in [0.717, 1.165) is 6.42 Å². The summed E-state index contributed by atoms with van der Waals surface area (Å²) in [7, 11) is -0.441. The number of aliphatic carboxylic acids is 1. The fourth-order valence-corrected chi connectivity index (χ4v) is 2.95. The normalized spacial score (nSPS) is 32.6. The molecule has 0 bridgehead atoms. The van der Waals surface area contributed by atoms with Crippen LogP contribution in [0.4, 0.5) is 0 Å². The predicted molar refractivity (Wildman–Crippen MR) is 78.6 cm³/mol. The van der Waals surface area contributed by atoms with Gasteiger partial charge in [0.25, 0.3) is 0 Å². The average Bonchev–Trinajstić information content (AvgIpc) is 2.51. The zero-order valence-corrected chi connectivity index (χ0v) is 13.3. The van der Waals surface area contributed by atoms with E-state index in [1.165, 1.54) is 11.1 Å². The molecule has 0 saturated carbocycles. The Morgan fingerprint density at radius 1 is 1.10 bits per heavy atom. The van der Waals surface area contributed by atoms with Gasteiger partial charge < -0.3 is 14.4 Å². The van der Waals surface area contributed by atoms with Gasteiger partial charge in [0.15, 0.2) is 0 Å². The maximum absolute atomic E-state index is 11.6. The fourth-order valence-electron chi connectivity index (χ4n) is 2.95. The molecule has 0 unspecified atom stereocenters. The zero-order valence-electron chi connectivity index (χ0n) is 13.3. The van der Waals surface area contributed by atoms with Crippen LogP contribution in [0.25, 0.3) is 0 Å². The molecule has 4 nitrogen and oxygen atoms in total. The van der Waals surface area contributed by atoms with E-state index in [1.807, 2.05) is 34.6 Å². The van der Waals surface area contributed by atoms with E-state index in [2.05, 4.69) is 6.92 Å². The SMILES string of the molecule is CC1=C(C)C[C@@H](C(=O)O)[C@H](B2OC(C)(C)C(C)(C)O2)C1. The molecule has 0 aromatic heterocycles. The molecule has 112 valence electrons. The van der Waals surface area contributed by atoms with E-state index in [1.54, 1.807) is 0 Å². The lowest BCUT2D eigenvalue weighted by Gasteiger charge is -2.32. The summed E-state index contributed by atoms with van der Waals surface area (Å²) in [6, 6.07) is 0. The summed E-state index contributed by atoms with van der Waals surface area (Å²) < 4.78 is 12.1. The molecule has 1 fully saturated rings. The summed E-state index contributed by atoms with van der Waals surface area (Å²) in [4.78, 5) is 11.6. The molecule has 20 heavy (non-hydrogen) atoms. The van der Waals surface area contributed by atoms with Crippen LogP contribution in [0, 0.1) is 5.92 Å². The van der Waals surface area contributed by atoms with E-state index >= 15 is 0 Å². The van der Waals surface area contributed by atoms with Gasteiger partial charge in [-0.25, -0.2) is 0 Å². The smallest absolute Gasteiger partial charge is 0.462 e. The van der Waals surface area contributed by atoms with Crippen LogP contribution in [0.3, 0.4) is 0 Å². The number of carboxylic acids is 1. The van der Waals surface area contributed by atoms with E-state index in [4.69, 9.17) is 9.31 Å². The van der Waals surface area contributed by atoms with Crippen molar-refractivity contribution in [2.24, 2.45) is 5.92 Å². The number of allylic oxidation sites excluding steroid dienone is 2. The van der Waals surface area contributed by atoms with Crippen molar-refractivity contribution < 1.29 is 19.2 Å². The molecule has 5 heteroatoms. The van der Waals surface area contributed by atoms with Gasteiger partial charge in [0.05, 0.1) is 17.1 Å². The van der Waals surface area contributed by atoms with Crippen molar-refractivity contribution in [1.82, 2.24) is 0 Å². The molecule has 2 rings (SSSR count). The second-order valence-electron chi connectivity index (χ2n) is 7.20. The van der Waals surface area contributed by atoms with Gasteiger partial charge in [0, 0.05) is 5.82 Å². The Kier molecular flexibility index (Phi) is 3.80. The number of hydrogen-bond donors (Lipinski definition) is 1. The van der Waals surface area contributed by atoms with Gasteiger partial charge >= 0.3 is 13.1 Å². The molecular weight excluding hydrogens is 255 g/mol.